The SMILES string of the molecule is CN1CCN(Cc2ccccc2C2(N)CCN(C)CC2)CC1. The number of hydrogen-bond acceptors (Lipinski definition) is 4. The fraction of sp³-hybridized carbons (Fsp3) is 0.667. The molecule has 1 aromatic rings. The summed E-state index contributed by atoms with van der Waals surface area (Å²) in [4.78, 5) is 7.36. The van der Waals surface area contributed by atoms with Crippen LogP contribution in [0.3, 0.4) is 0 Å². The first-order valence-electron chi connectivity index (χ1n) is 8.53. The van der Waals surface area contributed by atoms with Gasteiger partial charge >= 0.3 is 0 Å². The second kappa shape index (κ2) is 6.67. The van der Waals surface area contributed by atoms with E-state index in [9.17, 15) is 0 Å². The van der Waals surface area contributed by atoms with E-state index in [0.717, 1.165) is 45.6 Å². The van der Waals surface area contributed by atoms with Gasteiger partial charge in [-0.2, -0.15) is 0 Å². The molecule has 0 bridgehead atoms. The highest BCUT2D eigenvalue weighted by Gasteiger charge is 2.33. The number of hydrogen-bond donors (Lipinski definition) is 1. The molecule has 4 heteroatoms. The van der Waals surface area contributed by atoms with Crippen LogP contribution in [-0.4, -0.2) is 68.1 Å². The summed E-state index contributed by atoms with van der Waals surface area (Å²) in [6.07, 6.45) is 2.12. The molecule has 2 heterocycles. The summed E-state index contributed by atoms with van der Waals surface area (Å²) in [5.74, 6) is 0. The molecule has 4 nitrogen and oxygen atoms in total. The van der Waals surface area contributed by atoms with E-state index >= 15 is 0 Å². The standard InChI is InChI=1S/C18H30N4/c1-20-9-7-18(19,8-10-20)17-6-4-3-5-16(17)15-22-13-11-21(2)12-14-22/h3-6H,7-15,19H2,1-2H3. The summed E-state index contributed by atoms with van der Waals surface area (Å²) in [7, 11) is 4.40. The van der Waals surface area contributed by atoms with E-state index in [1.54, 1.807) is 0 Å². The molecule has 2 N–H and O–H groups in total. The maximum absolute atomic E-state index is 6.82. The zero-order chi connectivity index (χ0) is 15.6. The zero-order valence-corrected chi connectivity index (χ0v) is 14.1. The fourth-order valence-electron chi connectivity index (χ4n) is 3.68. The Morgan fingerprint density at radius 2 is 1.50 bits per heavy atom. The monoisotopic (exact) mass is 302 g/mol. The third-order valence-electron chi connectivity index (χ3n) is 5.42. The van der Waals surface area contributed by atoms with Crippen molar-refractivity contribution in [2.24, 2.45) is 5.73 Å². The zero-order valence-electron chi connectivity index (χ0n) is 14.1. The lowest BCUT2D eigenvalue weighted by Gasteiger charge is -2.40. The summed E-state index contributed by atoms with van der Waals surface area (Å²) in [6.45, 7) is 7.88. The lowest BCUT2D eigenvalue weighted by atomic mass is 9.79. The number of piperazine rings is 1. The molecule has 0 amide bonds. The molecule has 2 aliphatic heterocycles. The molecule has 122 valence electrons. The summed E-state index contributed by atoms with van der Waals surface area (Å²) in [5.41, 5.74) is 9.48. The van der Waals surface area contributed by atoms with Crippen LogP contribution in [0, 0.1) is 0 Å². The predicted molar refractivity (Wildman–Crippen MR) is 91.8 cm³/mol. The van der Waals surface area contributed by atoms with Crippen molar-refractivity contribution >= 4 is 0 Å². The number of likely N-dealkylation sites (N-methyl/N-ethyl adjacent to an activating group) is 1. The molecule has 0 saturated carbocycles. The summed E-state index contributed by atoms with van der Waals surface area (Å²) in [6, 6.07) is 8.85. The van der Waals surface area contributed by atoms with Crippen molar-refractivity contribution in [1.82, 2.24) is 14.7 Å². The van der Waals surface area contributed by atoms with E-state index in [4.69, 9.17) is 5.73 Å². The average Bonchev–Trinajstić information content (AvgIpc) is 2.53. The maximum Gasteiger partial charge on any atom is 0.0437 e. The van der Waals surface area contributed by atoms with Crippen LogP contribution in [0.15, 0.2) is 24.3 Å². The molecule has 0 spiro atoms. The van der Waals surface area contributed by atoms with Crippen LogP contribution in [0.2, 0.25) is 0 Å². The molecule has 0 aliphatic carbocycles. The minimum atomic E-state index is -0.143. The van der Waals surface area contributed by atoms with Gasteiger partial charge in [-0.1, -0.05) is 24.3 Å². The molecule has 0 unspecified atom stereocenters. The predicted octanol–water partition coefficient (Wildman–Crippen LogP) is 1.31. The number of piperidine rings is 1. The van der Waals surface area contributed by atoms with Crippen LogP contribution in [0.5, 0.6) is 0 Å². The van der Waals surface area contributed by atoms with Crippen LogP contribution in [0.1, 0.15) is 24.0 Å². The second-order valence-corrected chi connectivity index (χ2v) is 7.20. The Kier molecular flexibility index (Phi) is 4.83. The van der Waals surface area contributed by atoms with E-state index in [1.165, 1.54) is 24.2 Å². The van der Waals surface area contributed by atoms with Crippen molar-refractivity contribution in [3.63, 3.8) is 0 Å². The summed E-state index contributed by atoms with van der Waals surface area (Å²) in [5, 5.41) is 0. The highest BCUT2D eigenvalue weighted by molar-refractivity contribution is 5.34. The van der Waals surface area contributed by atoms with Gasteiger partial charge in [0.05, 0.1) is 0 Å². The number of likely N-dealkylation sites (tertiary alicyclic amines) is 1. The summed E-state index contributed by atoms with van der Waals surface area (Å²) < 4.78 is 0. The van der Waals surface area contributed by atoms with E-state index in [-0.39, 0.29) is 5.54 Å². The molecule has 0 radical (unpaired) electrons. The highest BCUT2D eigenvalue weighted by atomic mass is 15.2. The number of benzene rings is 1. The van der Waals surface area contributed by atoms with Crippen molar-refractivity contribution in [2.75, 3.05) is 53.4 Å². The Labute approximate surface area is 134 Å². The number of rotatable bonds is 3. The molecule has 1 aromatic carbocycles. The van der Waals surface area contributed by atoms with Crippen LogP contribution < -0.4 is 5.73 Å². The van der Waals surface area contributed by atoms with Crippen LogP contribution in [-0.2, 0) is 12.1 Å². The van der Waals surface area contributed by atoms with Gasteiger partial charge in [-0.25, -0.2) is 0 Å². The molecule has 3 rings (SSSR count). The first kappa shape index (κ1) is 15.9. The maximum atomic E-state index is 6.82. The van der Waals surface area contributed by atoms with Crippen molar-refractivity contribution in [3.8, 4) is 0 Å². The normalized spacial score (nSPS) is 24.5. The van der Waals surface area contributed by atoms with Gasteiger partial charge in [-0.05, 0) is 51.2 Å². The minimum Gasteiger partial charge on any atom is -0.321 e. The molecule has 22 heavy (non-hydrogen) atoms. The van der Waals surface area contributed by atoms with E-state index in [1.807, 2.05) is 0 Å². The van der Waals surface area contributed by atoms with Gasteiger partial charge in [0.25, 0.3) is 0 Å². The molecule has 0 atom stereocenters. The largest absolute Gasteiger partial charge is 0.321 e. The van der Waals surface area contributed by atoms with Gasteiger partial charge in [0.15, 0.2) is 0 Å². The molecule has 2 saturated heterocycles. The highest BCUT2D eigenvalue weighted by Crippen LogP contribution is 2.32. The van der Waals surface area contributed by atoms with Crippen molar-refractivity contribution in [1.29, 1.82) is 0 Å². The average molecular weight is 302 g/mol. The Morgan fingerprint density at radius 1 is 0.909 bits per heavy atom. The van der Waals surface area contributed by atoms with Gasteiger partial charge in [0, 0.05) is 38.3 Å². The van der Waals surface area contributed by atoms with Crippen LogP contribution in [0.25, 0.3) is 0 Å². The second-order valence-electron chi connectivity index (χ2n) is 7.20. The van der Waals surface area contributed by atoms with Crippen molar-refractivity contribution < 1.29 is 0 Å². The Balaban J connectivity index is 1.75. The van der Waals surface area contributed by atoms with Gasteiger partial charge in [0.2, 0.25) is 0 Å². The van der Waals surface area contributed by atoms with Gasteiger partial charge < -0.3 is 15.5 Å². The first-order chi connectivity index (χ1) is 10.6. The lowest BCUT2D eigenvalue weighted by Crippen LogP contribution is -2.48. The lowest BCUT2D eigenvalue weighted by molar-refractivity contribution is 0.145. The van der Waals surface area contributed by atoms with E-state index in [0.29, 0.717) is 0 Å². The van der Waals surface area contributed by atoms with E-state index in [2.05, 4.69) is 53.1 Å². The quantitative estimate of drug-likeness (QED) is 0.913. The molecule has 2 aliphatic rings. The molecule has 0 aromatic heterocycles. The Hall–Kier alpha value is -0.940. The van der Waals surface area contributed by atoms with Crippen molar-refractivity contribution in [3.05, 3.63) is 35.4 Å². The Morgan fingerprint density at radius 3 is 2.18 bits per heavy atom. The topological polar surface area (TPSA) is 35.7 Å². The molecular weight excluding hydrogens is 272 g/mol. The van der Waals surface area contributed by atoms with Gasteiger partial charge in [0.1, 0.15) is 0 Å². The third-order valence-corrected chi connectivity index (χ3v) is 5.42. The van der Waals surface area contributed by atoms with Gasteiger partial charge in [-0.15, -0.1) is 0 Å². The third kappa shape index (κ3) is 3.51. The Bertz CT molecular complexity index is 486. The van der Waals surface area contributed by atoms with Gasteiger partial charge in [-0.3, -0.25) is 4.90 Å². The van der Waals surface area contributed by atoms with Crippen molar-refractivity contribution in [2.45, 2.75) is 24.9 Å². The molecular formula is C18H30N4. The van der Waals surface area contributed by atoms with Crippen LogP contribution >= 0.6 is 0 Å². The number of nitrogens with zero attached hydrogens (tertiary/aromatic N) is 3. The first-order valence-corrected chi connectivity index (χ1v) is 8.53. The number of nitrogens with two attached hydrogens (primary N) is 1. The fourth-order valence-corrected chi connectivity index (χ4v) is 3.68. The summed E-state index contributed by atoms with van der Waals surface area (Å²) >= 11 is 0. The molecule has 2 fully saturated rings. The van der Waals surface area contributed by atoms with E-state index < -0.39 is 0 Å². The smallest absolute Gasteiger partial charge is 0.0437 e. The minimum absolute atomic E-state index is 0.143. The van der Waals surface area contributed by atoms with Crippen LogP contribution in [0.4, 0.5) is 0 Å².